The fraction of sp³-hybridized carbons (Fsp3) is 0.824. The maximum atomic E-state index is 12.0. The average molecular weight is 395 g/mol. The number of ether oxygens (including phenoxy) is 1. The molecule has 0 aliphatic heterocycles. The summed E-state index contributed by atoms with van der Waals surface area (Å²) in [5.41, 5.74) is 0. The van der Waals surface area contributed by atoms with Crippen LogP contribution in [0, 0.1) is 5.92 Å². The van der Waals surface area contributed by atoms with E-state index < -0.39 is 6.61 Å². The quantitative estimate of drug-likeness (QED) is 0.501. The van der Waals surface area contributed by atoms with Gasteiger partial charge in [0.25, 0.3) is 0 Å². The molecule has 0 aromatic heterocycles. The van der Waals surface area contributed by atoms with Gasteiger partial charge in [-0.15, -0.1) is 0 Å². The van der Waals surface area contributed by atoms with Gasteiger partial charge in [-0.3, -0.25) is 14.4 Å². The maximum Gasteiger partial charge on any atom is 0.245 e. The van der Waals surface area contributed by atoms with E-state index >= 15 is 0 Å². The fourth-order valence-corrected chi connectivity index (χ4v) is 2.48. The summed E-state index contributed by atoms with van der Waals surface area (Å²) in [7, 11) is 0. The number of Topliss-reactive ketones (excluding diaryl/α,β-unsaturated/α-hetero) is 1. The molecule has 3 N–H and O–H groups in total. The van der Waals surface area contributed by atoms with Crippen molar-refractivity contribution in [3.05, 3.63) is 0 Å². The van der Waals surface area contributed by atoms with E-state index in [2.05, 4.69) is 10.6 Å². The Kier molecular flexibility index (Phi) is 17.5. The third kappa shape index (κ3) is 13.0. The maximum absolute atomic E-state index is 12.0. The predicted molar refractivity (Wildman–Crippen MR) is 91.4 cm³/mol. The Morgan fingerprint density at radius 1 is 1.08 bits per heavy atom. The first-order valence-corrected chi connectivity index (χ1v) is 8.78. The van der Waals surface area contributed by atoms with Gasteiger partial charge in [-0.1, -0.05) is 13.8 Å². The van der Waals surface area contributed by atoms with Crippen molar-refractivity contribution >= 4 is 17.6 Å². The van der Waals surface area contributed by atoms with Gasteiger partial charge in [-0.25, -0.2) is 0 Å². The van der Waals surface area contributed by atoms with Crippen LogP contribution in [-0.2, 0) is 37.7 Å². The summed E-state index contributed by atoms with van der Waals surface area (Å²) in [6.45, 7) is 6.26. The number of hydrogen-bond donors (Lipinski definition) is 3. The predicted octanol–water partition coefficient (Wildman–Crippen LogP) is 0.789. The number of amides is 2. The Balaban J connectivity index is 0. The van der Waals surface area contributed by atoms with Crippen LogP contribution in [0.2, 0.25) is 0 Å². The first kappa shape index (κ1) is 26.3. The summed E-state index contributed by atoms with van der Waals surface area (Å²) in [5.74, 6) is -0.286. The van der Waals surface area contributed by atoms with E-state index in [1.807, 2.05) is 13.8 Å². The van der Waals surface area contributed by atoms with Gasteiger partial charge in [0.1, 0.15) is 12.4 Å². The van der Waals surface area contributed by atoms with Gasteiger partial charge in [0.05, 0.1) is 13.2 Å². The Bertz CT molecular complexity index is 385. The molecule has 1 radical (unpaired) electrons. The van der Waals surface area contributed by atoms with Gasteiger partial charge in [-0.05, 0) is 32.6 Å². The molecule has 0 spiro atoms. The number of carbonyl (C=O) groups excluding carboxylic acids is 3. The first-order valence-electron chi connectivity index (χ1n) is 8.78. The third-order valence-corrected chi connectivity index (χ3v) is 3.75. The van der Waals surface area contributed by atoms with E-state index in [-0.39, 0.29) is 48.1 Å². The molecule has 8 heteroatoms. The summed E-state index contributed by atoms with van der Waals surface area (Å²) in [6.07, 6.45) is 3.36. The first-order chi connectivity index (χ1) is 11.5. The normalized spacial score (nSPS) is 18.9. The van der Waals surface area contributed by atoms with Crippen LogP contribution < -0.4 is 10.6 Å². The molecule has 1 aliphatic carbocycles. The van der Waals surface area contributed by atoms with Gasteiger partial charge < -0.3 is 20.5 Å². The zero-order valence-corrected chi connectivity index (χ0v) is 16.9. The molecule has 0 aromatic carbocycles. The molecule has 25 heavy (non-hydrogen) atoms. The number of nitrogens with one attached hydrogen (secondary N) is 2. The summed E-state index contributed by atoms with van der Waals surface area (Å²) < 4.78 is 5.25. The fourth-order valence-electron chi connectivity index (χ4n) is 2.48. The van der Waals surface area contributed by atoms with Crippen molar-refractivity contribution in [3.63, 3.8) is 0 Å². The van der Waals surface area contributed by atoms with E-state index in [0.717, 1.165) is 25.7 Å². The number of hydrogen-bond acceptors (Lipinski definition) is 5. The molecule has 0 unspecified atom stereocenters. The minimum Gasteiger partial charge on any atom is -0.387 e. The van der Waals surface area contributed by atoms with Crippen LogP contribution in [0.3, 0.4) is 0 Å². The van der Waals surface area contributed by atoms with Gasteiger partial charge in [-0.2, -0.15) is 0 Å². The van der Waals surface area contributed by atoms with Crippen molar-refractivity contribution in [3.8, 4) is 0 Å². The zero-order chi connectivity index (χ0) is 18.4. The summed E-state index contributed by atoms with van der Waals surface area (Å²) in [6, 6.07) is 0.0543. The standard InChI is InChI=1S/C15H26N2O5.C2H6.V/c1-11(19)6-8-22-9-7-16-15(21)12-2-4-13(5-3-12)17-14(20)10-18;1-2;/h12-13,18H,2-10H2,1H3,(H,16,21)(H,17,20);1-2H3;. The Morgan fingerprint density at radius 3 is 2.20 bits per heavy atom. The second-order valence-corrected chi connectivity index (χ2v) is 5.63. The minimum absolute atomic E-state index is 0. The van der Waals surface area contributed by atoms with Crippen LogP contribution in [0.4, 0.5) is 0 Å². The van der Waals surface area contributed by atoms with Crippen molar-refractivity contribution in [1.29, 1.82) is 0 Å². The van der Waals surface area contributed by atoms with Crippen LogP contribution in [0.25, 0.3) is 0 Å². The molecule has 0 bridgehead atoms. The van der Waals surface area contributed by atoms with Gasteiger partial charge in [0, 0.05) is 43.5 Å². The molecule has 1 rings (SSSR count). The molecule has 145 valence electrons. The second kappa shape index (κ2) is 16.6. The number of aliphatic hydroxyl groups is 1. The zero-order valence-electron chi connectivity index (χ0n) is 15.5. The molecular formula is C17H32N2O5V. The van der Waals surface area contributed by atoms with Crippen molar-refractivity contribution < 1.29 is 42.8 Å². The third-order valence-electron chi connectivity index (χ3n) is 3.75. The van der Waals surface area contributed by atoms with Crippen molar-refractivity contribution in [1.82, 2.24) is 10.6 Å². The molecule has 0 atom stereocenters. The molecule has 1 saturated carbocycles. The number of rotatable bonds is 9. The van der Waals surface area contributed by atoms with Crippen molar-refractivity contribution in [2.45, 2.75) is 58.9 Å². The Labute approximate surface area is 162 Å². The summed E-state index contributed by atoms with van der Waals surface area (Å²) >= 11 is 0. The van der Waals surface area contributed by atoms with E-state index in [9.17, 15) is 14.4 Å². The topological polar surface area (TPSA) is 105 Å². The average Bonchev–Trinajstić information content (AvgIpc) is 2.59. The molecule has 0 aromatic rings. The van der Waals surface area contributed by atoms with Gasteiger partial charge in [0.2, 0.25) is 11.8 Å². The Hall–Kier alpha value is -0.886. The minimum atomic E-state index is -0.496. The molecule has 7 nitrogen and oxygen atoms in total. The molecule has 1 aliphatic rings. The number of aliphatic hydroxyl groups excluding tert-OH is 1. The number of carbonyl (C=O) groups is 3. The molecule has 2 amide bonds. The smallest absolute Gasteiger partial charge is 0.245 e. The molecule has 0 saturated heterocycles. The van der Waals surface area contributed by atoms with Crippen LogP contribution in [-0.4, -0.2) is 55.1 Å². The van der Waals surface area contributed by atoms with Gasteiger partial charge >= 0.3 is 0 Å². The van der Waals surface area contributed by atoms with Crippen LogP contribution in [0.5, 0.6) is 0 Å². The van der Waals surface area contributed by atoms with Gasteiger partial charge in [0.15, 0.2) is 0 Å². The molecule has 1 fully saturated rings. The Morgan fingerprint density at radius 2 is 1.68 bits per heavy atom. The SMILES string of the molecule is CC.CC(=O)CCOCCNC(=O)C1CCC(NC(=O)CO)CC1.[V]. The largest absolute Gasteiger partial charge is 0.387 e. The van der Waals surface area contributed by atoms with E-state index in [4.69, 9.17) is 9.84 Å². The van der Waals surface area contributed by atoms with Crippen LogP contribution in [0.1, 0.15) is 52.9 Å². The van der Waals surface area contributed by atoms with Crippen molar-refractivity contribution in [2.24, 2.45) is 5.92 Å². The van der Waals surface area contributed by atoms with E-state index in [1.165, 1.54) is 6.92 Å². The number of ketones is 1. The summed E-state index contributed by atoms with van der Waals surface area (Å²) in [4.78, 5) is 33.8. The van der Waals surface area contributed by atoms with E-state index in [0.29, 0.717) is 26.2 Å². The van der Waals surface area contributed by atoms with Crippen molar-refractivity contribution in [2.75, 3.05) is 26.4 Å². The second-order valence-electron chi connectivity index (χ2n) is 5.63. The van der Waals surface area contributed by atoms with Crippen LogP contribution >= 0.6 is 0 Å². The molecule has 0 heterocycles. The van der Waals surface area contributed by atoms with E-state index in [1.54, 1.807) is 0 Å². The molecular weight excluding hydrogens is 363 g/mol. The summed E-state index contributed by atoms with van der Waals surface area (Å²) in [5, 5.41) is 14.3. The van der Waals surface area contributed by atoms with Crippen LogP contribution in [0.15, 0.2) is 0 Å². The monoisotopic (exact) mass is 395 g/mol.